The van der Waals surface area contributed by atoms with E-state index in [1.807, 2.05) is 11.8 Å². The molecular weight excluding hydrogens is 262 g/mol. The minimum atomic E-state index is 0.462. The highest BCUT2D eigenvalue weighted by Gasteiger charge is 2.22. The average molecular weight is 281 g/mol. The molecule has 102 valence electrons. The molecule has 1 unspecified atom stereocenters. The Morgan fingerprint density at radius 1 is 1.15 bits per heavy atom. The molecule has 1 aliphatic heterocycles. The van der Waals surface area contributed by atoms with E-state index in [1.165, 1.54) is 26.5 Å². The van der Waals surface area contributed by atoms with Crippen molar-refractivity contribution in [2.24, 2.45) is 5.73 Å². The SMILES string of the molecule is C=C(N)CCc1ccc2c(c1)C(C)c1ccccc1S2. The third-order valence-electron chi connectivity index (χ3n) is 3.88. The molecule has 0 fully saturated rings. The van der Waals surface area contributed by atoms with Gasteiger partial charge in [0, 0.05) is 21.4 Å². The Kier molecular flexibility index (Phi) is 3.58. The Bertz CT molecular complexity index is 660. The van der Waals surface area contributed by atoms with E-state index in [2.05, 4.69) is 56.0 Å². The highest BCUT2D eigenvalue weighted by molar-refractivity contribution is 7.99. The van der Waals surface area contributed by atoms with Crippen molar-refractivity contribution in [2.45, 2.75) is 35.5 Å². The lowest BCUT2D eigenvalue weighted by molar-refractivity contribution is 0.844. The fourth-order valence-electron chi connectivity index (χ4n) is 2.71. The third-order valence-corrected chi connectivity index (χ3v) is 5.06. The fraction of sp³-hybridized carbons (Fsp3) is 0.222. The number of fused-ring (bicyclic) bond motifs is 2. The van der Waals surface area contributed by atoms with Gasteiger partial charge in [-0.2, -0.15) is 0 Å². The minimum Gasteiger partial charge on any atom is -0.403 e. The largest absolute Gasteiger partial charge is 0.403 e. The van der Waals surface area contributed by atoms with Crippen LogP contribution in [-0.4, -0.2) is 0 Å². The zero-order valence-electron chi connectivity index (χ0n) is 11.7. The van der Waals surface area contributed by atoms with Crippen LogP contribution in [-0.2, 0) is 6.42 Å². The van der Waals surface area contributed by atoms with Gasteiger partial charge in [-0.05, 0) is 41.7 Å². The molecule has 0 saturated carbocycles. The molecule has 0 amide bonds. The molecule has 2 heteroatoms. The van der Waals surface area contributed by atoms with Crippen LogP contribution in [0.5, 0.6) is 0 Å². The maximum Gasteiger partial charge on any atom is 0.0160 e. The molecule has 1 nitrogen and oxygen atoms in total. The lowest BCUT2D eigenvalue weighted by atomic mass is 9.90. The van der Waals surface area contributed by atoms with Gasteiger partial charge in [-0.15, -0.1) is 0 Å². The van der Waals surface area contributed by atoms with Crippen molar-refractivity contribution in [2.75, 3.05) is 0 Å². The molecule has 3 rings (SSSR count). The quantitative estimate of drug-likeness (QED) is 0.882. The molecule has 1 heterocycles. The van der Waals surface area contributed by atoms with E-state index >= 15 is 0 Å². The molecule has 2 aromatic rings. The average Bonchev–Trinajstić information content (AvgIpc) is 2.46. The molecule has 2 N–H and O–H groups in total. The van der Waals surface area contributed by atoms with E-state index < -0.39 is 0 Å². The summed E-state index contributed by atoms with van der Waals surface area (Å²) in [6.07, 6.45) is 1.83. The maximum atomic E-state index is 5.67. The zero-order chi connectivity index (χ0) is 14.1. The molecule has 0 bridgehead atoms. The monoisotopic (exact) mass is 281 g/mol. The van der Waals surface area contributed by atoms with Crippen LogP contribution in [0.4, 0.5) is 0 Å². The predicted molar refractivity (Wildman–Crippen MR) is 86.2 cm³/mol. The molecule has 20 heavy (non-hydrogen) atoms. The number of aryl methyl sites for hydroxylation is 1. The molecule has 2 aromatic carbocycles. The summed E-state index contributed by atoms with van der Waals surface area (Å²) >= 11 is 1.88. The predicted octanol–water partition coefficient (Wildman–Crippen LogP) is 4.71. The van der Waals surface area contributed by atoms with Crippen molar-refractivity contribution in [3.05, 3.63) is 71.4 Å². The van der Waals surface area contributed by atoms with Crippen molar-refractivity contribution >= 4 is 11.8 Å². The van der Waals surface area contributed by atoms with Gasteiger partial charge in [-0.3, -0.25) is 0 Å². The lowest BCUT2D eigenvalue weighted by Gasteiger charge is -2.25. The molecule has 0 spiro atoms. The van der Waals surface area contributed by atoms with Gasteiger partial charge in [0.15, 0.2) is 0 Å². The lowest BCUT2D eigenvalue weighted by Crippen LogP contribution is -2.06. The van der Waals surface area contributed by atoms with Crippen LogP contribution in [0.1, 0.15) is 36.0 Å². The van der Waals surface area contributed by atoms with Crippen molar-refractivity contribution in [3.63, 3.8) is 0 Å². The van der Waals surface area contributed by atoms with Crippen molar-refractivity contribution in [1.82, 2.24) is 0 Å². The van der Waals surface area contributed by atoms with Gasteiger partial charge >= 0.3 is 0 Å². The molecule has 0 aliphatic carbocycles. The van der Waals surface area contributed by atoms with Crippen LogP contribution in [0, 0.1) is 0 Å². The second-order valence-corrected chi connectivity index (χ2v) is 6.48. The smallest absolute Gasteiger partial charge is 0.0160 e. The van der Waals surface area contributed by atoms with E-state index in [4.69, 9.17) is 5.73 Å². The first-order valence-corrected chi connectivity index (χ1v) is 7.79. The van der Waals surface area contributed by atoms with Crippen LogP contribution >= 0.6 is 11.8 Å². The van der Waals surface area contributed by atoms with E-state index in [-0.39, 0.29) is 0 Å². The number of hydrogen-bond acceptors (Lipinski definition) is 2. The highest BCUT2D eigenvalue weighted by Crippen LogP contribution is 2.45. The zero-order valence-corrected chi connectivity index (χ0v) is 12.5. The topological polar surface area (TPSA) is 26.0 Å². The van der Waals surface area contributed by atoms with Crippen LogP contribution in [0.25, 0.3) is 0 Å². The summed E-state index contributed by atoms with van der Waals surface area (Å²) in [5, 5.41) is 0. The van der Waals surface area contributed by atoms with Crippen LogP contribution in [0.2, 0.25) is 0 Å². The van der Waals surface area contributed by atoms with Gasteiger partial charge in [0.2, 0.25) is 0 Å². The summed E-state index contributed by atoms with van der Waals surface area (Å²) in [5.74, 6) is 0.462. The minimum absolute atomic E-state index is 0.462. The van der Waals surface area contributed by atoms with Crippen LogP contribution in [0.3, 0.4) is 0 Å². The van der Waals surface area contributed by atoms with Gasteiger partial charge < -0.3 is 5.73 Å². The summed E-state index contributed by atoms with van der Waals surface area (Å²) in [4.78, 5) is 2.77. The maximum absolute atomic E-state index is 5.67. The van der Waals surface area contributed by atoms with Crippen molar-refractivity contribution in [3.8, 4) is 0 Å². The first-order valence-electron chi connectivity index (χ1n) is 6.98. The number of allylic oxidation sites excluding steroid dienone is 1. The summed E-state index contributed by atoms with van der Waals surface area (Å²) < 4.78 is 0. The standard InChI is InChI=1S/C18H19NS/c1-12(19)7-8-14-9-10-18-16(11-14)13(2)15-5-3-4-6-17(15)20-18/h3-6,9-11,13H,1,7-8,19H2,2H3. The van der Waals surface area contributed by atoms with Gasteiger partial charge in [0.25, 0.3) is 0 Å². The van der Waals surface area contributed by atoms with Gasteiger partial charge in [-0.1, -0.05) is 55.6 Å². The highest BCUT2D eigenvalue weighted by atomic mass is 32.2. The van der Waals surface area contributed by atoms with E-state index in [0.717, 1.165) is 18.5 Å². The Morgan fingerprint density at radius 2 is 1.90 bits per heavy atom. The molecular formula is C18H19NS. The van der Waals surface area contributed by atoms with Crippen LogP contribution in [0.15, 0.2) is 64.5 Å². The van der Waals surface area contributed by atoms with Crippen molar-refractivity contribution < 1.29 is 0 Å². The number of nitrogens with two attached hydrogens (primary N) is 1. The fourth-order valence-corrected chi connectivity index (χ4v) is 3.94. The van der Waals surface area contributed by atoms with E-state index in [0.29, 0.717) is 5.92 Å². The van der Waals surface area contributed by atoms with Gasteiger partial charge in [0.05, 0.1) is 0 Å². The van der Waals surface area contributed by atoms with Crippen LogP contribution < -0.4 is 5.73 Å². The van der Waals surface area contributed by atoms with E-state index in [1.54, 1.807) is 0 Å². The number of rotatable bonds is 3. The summed E-state index contributed by atoms with van der Waals surface area (Å²) in [7, 11) is 0. The number of benzene rings is 2. The normalized spacial score (nSPS) is 16.4. The Hall–Kier alpha value is -1.67. The van der Waals surface area contributed by atoms with Gasteiger partial charge in [-0.25, -0.2) is 0 Å². The molecule has 1 atom stereocenters. The molecule has 0 aromatic heterocycles. The third kappa shape index (κ3) is 2.48. The Labute approximate surface area is 124 Å². The number of hydrogen-bond donors (Lipinski definition) is 1. The first kappa shape index (κ1) is 13.3. The van der Waals surface area contributed by atoms with E-state index in [9.17, 15) is 0 Å². The Balaban J connectivity index is 1.93. The first-order chi connectivity index (χ1) is 9.65. The van der Waals surface area contributed by atoms with Gasteiger partial charge in [0.1, 0.15) is 0 Å². The molecule has 1 aliphatic rings. The summed E-state index contributed by atoms with van der Waals surface area (Å²) in [6, 6.07) is 15.5. The van der Waals surface area contributed by atoms with Crippen molar-refractivity contribution in [1.29, 1.82) is 0 Å². The molecule has 0 radical (unpaired) electrons. The second-order valence-electron chi connectivity index (χ2n) is 5.39. The summed E-state index contributed by atoms with van der Waals surface area (Å²) in [6.45, 7) is 6.07. The second kappa shape index (κ2) is 5.37. The summed E-state index contributed by atoms with van der Waals surface area (Å²) in [5.41, 5.74) is 10.7. The molecule has 0 saturated heterocycles. The Morgan fingerprint density at radius 3 is 2.70 bits per heavy atom.